The first-order valence-electron chi connectivity index (χ1n) is 16.6. The van der Waals surface area contributed by atoms with Crippen LogP contribution in [0.15, 0.2) is 107 Å². The molecule has 0 saturated heterocycles. The molecular weight excluding hydrogens is 691 g/mol. The number of phenolic OH excluding ortho intramolecular Hbond substituents is 2. The summed E-state index contributed by atoms with van der Waals surface area (Å²) >= 11 is 15.8. The second-order valence-corrected chi connectivity index (χ2v) is 16.8. The number of para-hydroxylation sites is 2. The maximum absolute atomic E-state index is 10.6. The van der Waals surface area contributed by atoms with Gasteiger partial charge in [-0.3, -0.25) is 9.80 Å². The van der Waals surface area contributed by atoms with Gasteiger partial charge in [0.25, 0.3) is 0 Å². The Hall–Kier alpha value is -2.36. The molecule has 0 aliphatic carbocycles. The number of ether oxygens (including phenoxy) is 1. The summed E-state index contributed by atoms with van der Waals surface area (Å²) in [6.45, 7) is 15.9. The van der Waals surface area contributed by atoms with Gasteiger partial charge in [-0.2, -0.15) is 0 Å². The number of hydrogen-bond acceptors (Lipinski definition) is 7. The van der Waals surface area contributed by atoms with Gasteiger partial charge in [0.05, 0.1) is 19.1 Å². The van der Waals surface area contributed by atoms with Crippen LogP contribution in [0.5, 0.6) is 11.5 Å². The molecule has 2 atom stereocenters. The van der Waals surface area contributed by atoms with Crippen LogP contribution >= 0.6 is 46.7 Å². The van der Waals surface area contributed by atoms with Crippen molar-refractivity contribution in [1.29, 1.82) is 0 Å². The second-order valence-electron chi connectivity index (χ2n) is 13.9. The molecule has 4 aromatic rings. The number of halogens is 2. The molecule has 4 rings (SSSR count). The van der Waals surface area contributed by atoms with Crippen molar-refractivity contribution in [3.05, 3.63) is 118 Å². The Balaban J connectivity index is 1.43. The molecule has 0 spiro atoms. The topological polar surface area (TPSA) is 56.2 Å². The molecule has 4 aromatic carbocycles. The largest absolute Gasteiger partial charge is 0.508 e. The van der Waals surface area contributed by atoms with Gasteiger partial charge in [-0.15, -0.1) is 23.5 Å². The average Bonchev–Trinajstić information content (AvgIpc) is 3.07. The lowest BCUT2D eigenvalue weighted by molar-refractivity contribution is -0.0289. The van der Waals surface area contributed by atoms with E-state index in [0.29, 0.717) is 37.8 Å². The predicted molar refractivity (Wildman–Crippen MR) is 209 cm³/mol. The van der Waals surface area contributed by atoms with E-state index in [1.165, 1.54) is 0 Å². The van der Waals surface area contributed by atoms with Gasteiger partial charge in [0.15, 0.2) is 0 Å². The van der Waals surface area contributed by atoms with E-state index < -0.39 is 0 Å². The fraction of sp³-hybridized carbons (Fsp3) is 0.400. The van der Waals surface area contributed by atoms with E-state index in [1.54, 1.807) is 35.7 Å². The van der Waals surface area contributed by atoms with Crippen LogP contribution in [-0.2, 0) is 17.8 Å². The third-order valence-electron chi connectivity index (χ3n) is 9.67. The lowest BCUT2D eigenvalue weighted by atomic mass is 9.84. The molecule has 0 heterocycles. The van der Waals surface area contributed by atoms with E-state index in [-0.39, 0.29) is 22.9 Å². The van der Waals surface area contributed by atoms with Crippen molar-refractivity contribution in [2.45, 2.75) is 76.0 Å². The minimum atomic E-state index is -0.246. The number of thioether (sulfide) groups is 2. The van der Waals surface area contributed by atoms with Crippen molar-refractivity contribution < 1.29 is 14.9 Å². The Bertz CT molecular complexity index is 1600. The van der Waals surface area contributed by atoms with Crippen molar-refractivity contribution in [3.8, 4) is 11.5 Å². The summed E-state index contributed by atoms with van der Waals surface area (Å²) in [5.41, 5.74) is 1.37. The highest BCUT2D eigenvalue weighted by molar-refractivity contribution is 7.99. The lowest BCUT2D eigenvalue weighted by Gasteiger charge is -2.44. The predicted octanol–water partition coefficient (Wildman–Crippen LogP) is 11.1. The van der Waals surface area contributed by atoms with Crippen molar-refractivity contribution >= 4 is 46.7 Å². The molecule has 0 amide bonds. The minimum absolute atomic E-state index is 0.142. The maximum Gasteiger partial charge on any atom is 0.120 e. The zero-order valence-electron chi connectivity index (χ0n) is 29.4. The number of hydrogen-bond donors (Lipinski definition) is 2. The molecule has 0 saturated carbocycles. The molecule has 5 nitrogen and oxygen atoms in total. The maximum atomic E-state index is 10.6. The first kappa shape index (κ1) is 39.4. The summed E-state index contributed by atoms with van der Waals surface area (Å²) in [6, 6.07) is 31.1. The van der Waals surface area contributed by atoms with Crippen LogP contribution in [0.1, 0.15) is 52.7 Å². The van der Waals surface area contributed by atoms with Gasteiger partial charge in [0, 0.05) is 66.9 Å². The van der Waals surface area contributed by atoms with E-state index in [2.05, 4.69) is 51.3 Å². The zero-order chi connectivity index (χ0) is 35.6. The normalized spacial score (nSPS) is 13.6. The smallest absolute Gasteiger partial charge is 0.120 e. The average molecular weight is 742 g/mol. The molecular formula is C40H50Cl2N2O3S2. The van der Waals surface area contributed by atoms with Crippen LogP contribution in [0.25, 0.3) is 0 Å². The molecule has 264 valence electrons. The third kappa shape index (κ3) is 11.6. The number of benzene rings is 4. The molecule has 0 fully saturated rings. The van der Waals surface area contributed by atoms with E-state index in [9.17, 15) is 10.2 Å². The second kappa shape index (κ2) is 18.2. The number of phenols is 2. The first-order valence-corrected chi connectivity index (χ1v) is 19.4. The monoisotopic (exact) mass is 740 g/mol. The van der Waals surface area contributed by atoms with Crippen molar-refractivity contribution in [1.82, 2.24) is 9.80 Å². The van der Waals surface area contributed by atoms with Crippen molar-refractivity contribution in [2.75, 3.05) is 25.0 Å². The van der Waals surface area contributed by atoms with E-state index in [0.717, 1.165) is 42.7 Å². The summed E-state index contributed by atoms with van der Waals surface area (Å²) in [7, 11) is 0. The van der Waals surface area contributed by atoms with E-state index in [4.69, 9.17) is 27.9 Å². The summed E-state index contributed by atoms with van der Waals surface area (Å²) in [4.78, 5) is 7.12. The van der Waals surface area contributed by atoms with Crippen LogP contribution in [0.3, 0.4) is 0 Å². The Morgan fingerprint density at radius 2 is 1.14 bits per heavy atom. The minimum Gasteiger partial charge on any atom is -0.508 e. The van der Waals surface area contributed by atoms with Gasteiger partial charge in [0.1, 0.15) is 11.5 Å². The third-order valence-corrected chi connectivity index (χ3v) is 12.3. The van der Waals surface area contributed by atoms with Crippen molar-refractivity contribution in [3.63, 3.8) is 0 Å². The zero-order valence-corrected chi connectivity index (χ0v) is 32.5. The summed E-state index contributed by atoms with van der Waals surface area (Å²) < 4.78 is 6.57. The van der Waals surface area contributed by atoms with Gasteiger partial charge >= 0.3 is 0 Å². The van der Waals surface area contributed by atoms with Gasteiger partial charge < -0.3 is 14.9 Å². The van der Waals surface area contributed by atoms with Crippen molar-refractivity contribution in [2.24, 2.45) is 11.3 Å². The van der Waals surface area contributed by atoms with Crippen LogP contribution in [0, 0.1) is 11.3 Å². The Morgan fingerprint density at radius 1 is 0.673 bits per heavy atom. The molecule has 9 heteroatoms. The van der Waals surface area contributed by atoms with E-state index >= 15 is 0 Å². The summed E-state index contributed by atoms with van der Waals surface area (Å²) in [5, 5.41) is 22.7. The van der Waals surface area contributed by atoms with Crippen LogP contribution in [0.2, 0.25) is 10.0 Å². The fourth-order valence-electron chi connectivity index (χ4n) is 5.42. The Labute approximate surface area is 312 Å². The van der Waals surface area contributed by atoms with Gasteiger partial charge in [-0.25, -0.2) is 0 Å². The van der Waals surface area contributed by atoms with Gasteiger partial charge in [-0.1, -0.05) is 80.4 Å². The van der Waals surface area contributed by atoms with Crippen LogP contribution in [0.4, 0.5) is 0 Å². The standard InChI is InChI=1S/C40H50Cl2N2O3S2/c1-29(40(5,6)44(24-32-12-8-10-14-38(32)46)28-49-36-21-17-34(42)18-22-36)25-47-26-39(3,4)30(2)43(23-31-11-7-9-13-37(31)45)27-48-35-19-15-33(41)16-20-35/h7-22,29-30,45-46H,23-28H2,1-6H3. The van der Waals surface area contributed by atoms with Gasteiger partial charge in [-0.05, 0) is 87.4 Å². The Morgan fingerprint density at radius 3 is 1.65 bits per heavy atom. The highest BCUT2D eigenvalue weighted by atomic mass is 35.5. The lowest BCUT2D eigenvalue weighted by Crippen LogP contribution is -2.50. The van der Waals surface area contributed by atoms with Gasteiger partial charge in [0.2, 0.25) is 0 Å². The van der Waals surface area contributed by atoms with E-state index in [1.807, 2.05) is 84.9 Å². The van der Waals surface area contributed by atoms with Crippen LogP contribution in [-0.4, -0.2) is 56.6 Å². The number of aromatic hydroxyl groups is 2. The molecule has 2 unspecified atom stereocenters. The SMILES string of the molecule is CC(N(CSc1ccc(Cl)cc1)Cc1ccccc1O)C(C)(C)COCC(C)C(C)(C)N(CSc1ccc(Cl)cc1)Cc1ccccc1O. The molecule has 0 aromatic heterocycles. The Kier molecular flexibility index (Phi) is 14.7. The molecule has 0 aliphatic heterocycles. The summed E-state index contributed by atoms with van der Waals surface area (Å²) in [6.07, 6.45) is 0. The first-order chi connectivity index (χ1) is 23.3. The quantitative estimate of drug-likeness (QED) is 0.0778. The number of nitrogens with zero attached hydrogens (tertiary/aromatic N) is 2. The highest BCUT2D eigenvalue weighted by Gasteiger charge is 2.35. The molecule has 0 aliphatic rings. The summed E-state index contributed by atoms with van der Waals surface area (Å²) in [5.74, 6) is 2.29. The molecule has 49 heavy (non-hydrogen) atoms. The molecule has 2 N–H and O–H groups in total. The molecule has 0 bridgehead atoms. The highest BCUT2D eigenvalue weighted by Crippen LogP contribution is 2.35. The molecule has 0 radical (unpaired) electrons. The fourth-order valence-corrected chi connectivity index (χ4v) is 7.69. The number of rotatable bonds is 18. The van der Waals surface area contributed by atoms with Crippen LogP contribution < -0.4 is 0 Å².